The van der Waals surface area contributed by atoms with E-state index in [2.05, 4.69) is 13.5 Å². The summed E-state index contributed by atoms with van der Waals surface area (Å²) in [5.74, 6) is -2.69. The van der Waals surface area contributed by atoms with Crippen LogP contribution < -0.4 is 0 Å². The second kappa shape index (κ2) is 11.7. The molecule has 0 nitrogen and oxygen atoms in total. The summed E-state index contributed by atoms with van der Waals surface area (Å²) in [5, 5.41) is 0. The van der Waals surface area contributed by atoms with E-state index in [1.807, 2.05) is 0 Å². The average Bonchev–Trinajstić information content (AvgIpc) is 2.78. The summed E-state index contributed by atoms with van der Waals surface area (Å²) in [6, 6.07) is 5.67. The molecule has 0 spiro atoms. The van der Waals surface area contributed by atoms with Crippen molar-refractivity contribution in [2.24, 2.45) is 5.92 Å². The Morgan fingerprint density at radius 1 is 0.875 bits per heavy atom. The Morgan fingerprint density at radius 3 is 2.19 bits per heavy atom. The van der Waals surface area contributed by atoms with Crippen LogP contribution in [0.3, 0.4) is 0 Å². The van der Waals surface area contributed by atoms with Crippen molar-refractivity contribution in [3.8, 4) is 0 Å². The van der Waals surface area contributed by atoms with Crippen molar-refractivity contribution in [2.75, 3.05) is 0 Å². The Bertz CT molecular complexity index is 910. The van der Waals surface area contributed by atoms with Gasteiger partial charge in [0.2, 0.25) is 0 Å². The molecule has 1 saturated carbocycles. The van der Waals surface area contributed by atoms with E-state index < -0.39 is 23.3 Å². The highest BCUT2D eigenvalue weighted by molar-refractivity contribution is 5.35. The zero-order valence-electron chi connectivity index (χ0n) is 19.0. The molecule has 0 unspecified atom stereocenters. The van der Waals surface area contributed by atoms with Crippen LogP contribution in [-0.4, -0.2) is 0 Å². The molecule has 4 heteroatoms. The third-order valence-electron chi connectivity index (χ3n) is 6.81. The molecule has 0 aromatic heterocycles. The number of unbranched alkanes of at least 4 members (excludes halogenated alkanes) is 2. The van der Waals surface area contributed by atoms with E-state index >= 15 is 0 Å². The van der Waals surface area contributed by atoms with Crippen molar-refractivity contribution in [3.05, 3.63) is 82.4 Å². The molecule has 0 heterocycles. The van der Waals surface area contributed by atoms with Gasteiger partial charge in [0.05, 0.1) is 0 Å². The molecule has 0 radical (unpaired) electrons. The third-order valence-corrected chi connectivity index (χ3v) is 6.81. The molecule has 0 atom stereocenters. The number of hydrogen-bond acceptors (Lipinski definition) is 0. The van der Waals surface area contributed by atoms with Gasteiger partial charge in [-0.2, -0.15) is 0 Å². The monoisotopic (exact) mass is 446 g/mol. The van der Waals surface area contributed by atoms with Crippen molar-refractivity contribution in [3.63, 3.8) is 0 Å². The van der Waals surface area contributed by atoms with Gasteiger partial charge in [0, 0.05) is 0 Å². The quantitative estimate of drug-likeness (QED) is 0.194. The van der Waals surface area contributed by atoms with Gasteiger partial charge in [0.25, 0.3) is 0 Å². The van der Waals surface area contributed by atoms with E-state index in [9.17, 15) is 17.6 Å². The molecule has 0 aliphatic heterocycles. The topological polar surface area (TPSA) is 0 Å². The van der Waals surface area contributed by atoms with Crippen LogP contribution in [0.2, 0.25) is 0 Å². The number of halogens is 4. The molecule has 3 rings (SSSR count). The summed E-state index contributed by atoms with van der Waals surface area (Å²) < 4.78 is 57.3. The molecule has 2 aromatic rings. The van der Waals surface area contributed by atoms with E-state index in [0.717, 1.165) is 31.7 Å². The normalized spacial score (nSPS) is 18.7. The summed E-state index contributed by atoms with van der Waals surface area (Å²) in [7, 11) is 0. The summed E-state index contributed by atoms with van der Waals surface area (Å²) in [4.78, 5) is 0. The molecular weight excluding hydrogens is 412 g/mol. The molecule has 1 aliphatic carbocycles. The highest BCUT2D eigenvalue weighted by Crippen LogP contribution is 2.39. The van der Waals surface area contributed by atoms with Crippen molar-refractivity contribution >= 4 is 0 Å². The number of allylic oxidation sites excluding steroid dienone is 1. The van der Waals surface area contributed by atoms with Crippen LogP contribution in [0.25, 0.3) is 0 Å². The maximum Gasteiger partial charge on any atom is 0.162 e. The molecule has 32 heavy (non-hydrogen) atoms. The van der Waals surface area contributed by atoms with Gasteiger partial charge in [-0.05, 0) is 91.2 Å². The van der Waals surface area contributed by atoms with E-state index in [4.69, 9.17) is 0 Å². The van der Waals surface area contributed by atoms with Gasteiger partial charge in [-0.15, -0.1) is 6.58 Å². The molecular formula is C28H34F4. The lowest BCUT2D eigenvalue weighted by molar-refractivity contribution is 0.297. The second-order valence-corrected chi connectivity index (χ2v) is 9.25. The Kier molecular flexibility index (Phi) is 8.95. The Morgan fingerprint density at radius 2 is 1.53 bits per heavy atom. The SMILES string of the molecule is C=CCCc1cc(Cc2cc(F)c(F)c(C3CCC(CCCCC)CC3)c2)cc(F)c1F. The minimum Gasteiger partial charge on any atom is -0.204 e. The smallest absolute Gasteiger partial charge is 0.162 e. The van der Waals surface area contributed by atoms with E-state index in [-0.39, 0.29) is 17.9 Å². The van der Waals surface area contributed by atoms with Gasteiger partial charge in [-0.1, -0.05) is 50.8 Å². The number of hydrogen-bond donors (Lipinski definition) is 0. The summed E-state index contributed by atoms with van der Waals surface area (Å²) >= 11 is 0. The fourth-order valence-corrected chi connectivity index (χ4v) is 5.00. The molecule has 2 aromatic carbocycles. The van der Waals surface area contributed by atoms with Crippen LogP contribution in [0.1, 0.15) is 92.9 Å². The molecule has 1 fully saturated rings. The molecule has 0 amide bonds. The van der Waals surface area contributed by atoms with Gasteiger partial charge in [0.1, 0.15) is 0 Å². The van der Waals surface area contributed by atoms with E-state index in [0.29, 0.717) is 35.4 Å². The maximum absolute atomic E-state index is 14.7. The highest BCUT2D eigenvalue weighted by Gasteiger charge is 2.26. The van der Waals surface area contributed by atoms with Gasteiger partial charge in [0.15, 0.2) is 23.3 Å². The third kappa shape index (κ3) is 6.24. The van der Waals surface area contributed by atoms with Crippen LogP contribution in [-0.2, 0) is 12.8 Å². The van der Waals surface area contributed by atoms with Crippen molar-refractivity contribution in [1.29, 1.82) is 0 Å². The summed E-state index contributed by atoms with van der Waals surface area (Å²) in [5.41, 5.74) is 1.86. The second-order valence-electron chi connectivity index (χ2n) is 9.25. The Hall–Kier alpha value is -2.10. The van der Waals surface area contributed by atoms with E-state index in [1.54, 1.807) is 18.2 Å². The predicted molar refractivity (Wildman–Crippen MR) is 123 cm³/mol. The largest absolute Gasteiger partial charge is 0.204 e. The van der Waals surface area contributed by atoms with Crippen molar-refractivity contribution in [2.45, 2.75) is 83.5 Å². The maximum atomic E-state index is 14.7. The van der Waals surface area contributed by atoms with Gasteiger partial charge >= 0.3 is 0 Å². The first-order valence-electron chi connectivity index (χ1n) is 12.0. The average molecular weight is 447 g/mol. The summed E-state index contributed by atoms with van der Waals surface area (Å²) in [6.07, 6.45) is 11.5. The zero-order valence-corrected chi connectivity index (χ0v) is 19.0. The van der Waals surface area contributed by atoms with E-state index in [1.165, 1.54) is 31.7 Å². The van der Waals surface area contributed by atoms with Crippen LogP contribution in [0, 0.1) is 29.2 Å². The molecule has 0 bridgehead atoms. The summed E-state index contributed by atoms with van der Waals surface area (Å²) in [6.45, 7) is 5.82. The first kappa shape index (κ1) is 24.5. The number of rotatable bonds is 10. The van der Waals surface area contributed by atoms with Crippen LogP contribution in [0.5, 0.6) is 0 Å². The molecule has 174 valence electrons. The predicted octanol–water partition coefficient (Wildman–Crippen LogP) is 8.81. The first-order valence-corrected chi connectivity index (χ1v) is 12.0. The molecule has 0 saturated heterocycles. The number of benzene rings is 2. The minimum absolute atomic E-state index is 0.0139. The zero-order chi connectivity index (χ0) is 23.1. The lowest BCUT2D eigenvalue weighted by Crippen LogP contribution is -2.15. The fourth-order valence-electron chi connectivity index (χ4n) is 5.00. The van der Waals surface area contributed by atoms with Gasteiger partial charge < -0.3 is 0 Å². The molecule has 1 aliphatic rings. The number of aryl methyl sites for hydroxylation is 1. The Balaban J connectivity index is 1.75. The standard InChI is InChI=1S/C28H34F4/c1-3-5-7-8-19-10-12-22(13-11-19)24-16-21(18-26(30)28(24)32)14-20-15-23(9-6-4-2)27(31)25(29)17-20/h4,15-19,22H,2-3,5-14H2,1H3. The van der Waals surface area contributed by atoms with Crippen LogP contribution in [0.4, 0.5) is 17.6 Å². The lowest BCUT2D eigenvalue weighted by atomic mass is 9.76. The fraction of sp³-hybridized carbons (Fsp3) is 0.500. The molecule has 0 N–H and O–H groups in total. The lowest BCUT2D eigenvalue weighted by Gasteiger charge is -2.29. The van der Waals surface area contributed by atoms with Crippen LogP contribution >= 0.6 is 0 Å². The minimum atomic E-state index is -0.911. The van der Waals surface area contributed by atoms with Gasteiger partial charge in [-0.25, -0.2) is 17.6 Å². The Labute approximate surface area is 189 Å². The highest BCUT2D eigenvalue weighted by atomic mass is 19.2. The van der Waals surface area contributed by atoms with Crippen LogP contribution in [0.15, 0.2) is 36.9 Å². The first-order chi connectivity index (χ1) is 15.4. The van der Waals surface area contributed by atoms with Gasteiger partial charge in [-0.3, -0.25) is 0 Å². The van der Waals surface area contributed by atoms with Crippen molar-refractivity contribution in [1.82, 2.24) is 0 Å². The van der Waals surface area contributed by atoms with Crippen molar-refractivity contribution < 1.29 is 17.6 Å².